The number of hydrogen-bond acceptors (Lipinski definition) is 4. The summed E-state index contributed by atoms with van der Waals surface area (Å²) >= 11 is 0. The summed E-state index contributed by atoms with van der Waals surface area (Å²) in [6.07, 6.45) is 9.18. The number of carbonyl (C=O) groups is 2. The van der Waals surface area contributed by atoms with Crippen LogP contribution in [0, 0.1) is 0 Å². The highest BCUT2D eigenvalue weighted by molar-refractivity contribution is 5.97. The van der Waals surface area contributed by atoms with Crippen LogP contribution in [0.5, 0.6) is 0 Å². The van der Waals surface area contributed by atoms with E-state index < -0.39 is 0 Å². The molecule has 0 unspecified atom stereocenters. The minimum atomic E-state index is -0.110. The van der Waals surface area contributed by atoms with Crippen molar-refractivity contribution in [3.63, 3.8) is 0 Å². The van der Waals surface area contributed by atoms with Crippen molar-refractivity contribution in [3.05, 3.63) is 59.4 Å². The molecule has 2 aromatic rings. The number of nitrogens with zero attached hydrogens (tertiary/aromatic N) is 3. The number of pyridine rings is 1. The lowest BCUT2D eigenvalue weighted by Crippen LogP contribution is -2.35. The molecule has 6 heteroatoms. The zero-order valence-corrected chi connectivity index (χ0v) is 19.6. The van der Waals surface area contributed by atoms with E-state index in [0.29, 0.717) is 18.2 Å². The van der Waals surface area contributed by atoms with Crippen LogP contribution >= 0.6 is 0 Å². The molecule has 1 aliphatic rings. The first-order chi connectivity index (χ1) is 15.5. The Hall–Kier alpha value is -2.73. The van der Waals surface area contributed by atoms with Crippen LogP contribution in [0.2, 0.25) is 0 Å². The van der Waals surface area contributed by atoms with Crippen LogP contribution in [-0.2, 0) is 17.9 Å². The molecule has 172 valence electrons. The largest absolute Gasteiger partial charge is 0.348 e. The number of anilines is 1. The maximum absolute atomic E-state index is 12.9. The Kier molecular flexibility index (Phi) is 8.80. The van der Waals surface area contributed by atoms with E-state index >= 15 is 0 Å². The summed E-state index contributed by atoms with van der Waals surface area (Å²) in [5, 5.41) is 3.00. The van der Waals surface area contributed by atoms with Gasteiger partial charge in [-0.05, 0) is 74.7 Å². The Morgan fingerprint density at radius 3 is 2.38 bits per heavy atom. The summed E-state index contributed by atoms with van der Waals surface area (Å²) in [7, 11) is 0. The fraction of sp³-hybridized carbons (Fsp3) is 0.500. The maximum atomic E-state index is 12.9. The van der Waals surface area contributed by atoms with Gasteiger partial charge in [0.1, 0.15) is 0 Å². The summed E-state index contributed by atoms with van der Waals surface area (Å²) in [6, 6.07) is 9.92. The van der Waals surface area contributed by atoms with Gasteiger partial charge in [-0.1, -0.05) is 19.3 Å². The molecular weight excluding hydrogens is 400 g/mol. The molecule has 1 aromatic heterocycles. The van der Waals surface area contributed by atoms with E-state index in [2.05, 4.69) is 29.0 Å². The van der Waals surface area contributed by atoms with Gasteiger partial charge >= 0.3 is 0 Å². The third-order valence-corrected chi connectivity index (χ3v) is 6.15. The Morgan fingerprint density at radius 2 is 1.69 bits per heavy atom. The Morgan fingerprint density at radius 1 is 1.00 bits per heavy atom. The number of aromatic nitrogens is 1. The molecule has 0 aliphatic carbocycles. The molecule has 0 saturated heterocycles. The Balaban J connectivity index is 1.89. The molecular formula is C26H36N4O2. The second kappa shape index (κ2) is 11.8. The minimum absolute atomic E-state index is 0.0503. The minimum Gasteiger partial charge on any atom is -0.348 e. The fourth-order valence-electron chi connectivity index (χ4n) is 4.20. The lowest BCUT2D eigenvalue weighted by atomic mass is 10.0. The summed E-state index contributed by atoms with van der Waals surface area (Å²) < 4.78 is 0. The number of carbonyl (C=O) groups excluding carboxylic acids is 2. The lowest BCUT2D eigenvalue weighted by Gasteiger charge is -2.31. The maximum Gasteiger partial charge on any atom is 0.251 e. The molecule has 1 N–H and O–H groups in total. The van der Waals surface area contributed by atoms with Crippen LogP contribution < -0.4 is 10.2 Å². The number of fused-ring (bicyclic) bond motifs is 1. The van der Waals surface area contributed by atoms with Crippen molar-refractivity contribution in [3.8, 4) is 0 Å². The molecule has 0 bridgehead atoms. The third kappa shape index (κ3) is 6.63. The summed E-state index contributed by atoms with van der Waals surface area (Å²) in [6.45, 7) is 8.97. The highest BCUT2D eigenvalue weighted by atomic mass is 16.2. The molecule has 0 radical (unpaired) electrons. The molecule has 0 spiro atoms. The first-order valence-electron chi connectivity index (χ1n) is 11.8. The average Bonchev–Trinajstić information content (AvgIpc) is 2.78. The Labute approximate surface area is 192 Å². The summed E-state index contributed by atoms with van der Waals surface area (Å²) in [4.78, 5) is 33.7. The SMILES string of the molecule is CC(=O)N1CCCCCCCN(C(C)C)Cc2cc(C(=O)NCc3ccncc3)ccc21. The van der Waals surface area contributed by atoms with Gasteiger partial charge in [-0.25, -0.2) is 0 Å². The van der Waals surface area contributed by atoms with E-state index in [0.717, 1.165) is 49.3 Å². The number of benzene rings is 1. The van der Waals surface area contributed by atoms with Gasteiger partial charge < -0.3 is 10.2 Å². The topological polar surface area (TPSA) is 65.5 Å². The van der Waals surface area contributed by atoms with Crippen molar-refractivity contribution in [1.29, 1.82) is 0 Å². The third-order valence-electron chi connectivity index (χ3n) is 6.15. The van der Waals surface area contributed by atoms with Crippen molar-refractivity contribution in [1.82, 2.24) is 15.2 Å². The fourth-order valence-corrected chi connectivity index (χ4v) is 4.20. The van der Waals surface area contributed by atoms with E-state index in [9.17, 15) is 9.59 Å². The smallest absolute Gasteiger partial charge is 0.251 e. The van der Waals surface area contributed by atoms with Crippen LogP contribution in [0.1, 0.15) is 74.4 Å². The predicted octanol–water partition coefficient (Wildman–Crippen LogP) is 4.54. The molecule has 32 heavy (non-hydrogen) atoms. The van der Waals surface area contributed by atoms with E-state index in [1.165, 1.54) is 19.3 Å². The molecule has 0 saturated carbocycles. The first kappa shape index (κ1) is 23.9. The zero-order chi connectivity index (χ0) is 22.9. The van der Waals surface area contributed by atoms with Gasteiger partial charge in [-0.3, -0.25) is 19.5 Å². The van der Waals surface area contributed by atoms with E-state index in [1.54, 1.807) is 19.3 Å². The van der Waals surface area contributed by atoms with Crippen LogP contribution in [0.3, 0.4) is 0 Å². The lowest BCUT2D eigenvalue weighted by molar-refractivity contribution is -0.116. The van der Waals surface area contributed by atoms with Gasteiger partial charge in [0.2, 0.25) is 5.91 Å². The second-order valence-electron chi connectivity index (χ2n) is 8.88. The predicted molar refractivity (Wildman–Crippen MR) is 129 cm³/mol. The molecule has 1 aliphatic heterocycles. The van der Waals surface area contributed by atoms with E-state index in [-0.39, 0.29) is 11.8 Å². The van der Waals surface area contributed by atoms with Crippen LogP contribution in [-0.4, -0.2) is 40.8 Å². The molecule has 1 aromatic carbocycles. The van der Waals surface area contributed by atoms with Crippen molar-refractivity contribution in [2.45, 2.75) is 72.0 Å². The standard InChI is InChI=1S/C26H36N4O2/c1-20(2)29-15-7-5-4-6-8-16-30(21(3)31)25-10-9-23(17-24(25)19-29)26(32)28-18-22-11-13-27-14-12-22/h9-14,17,20H,4-8,15-16,18-19H2,1-3H3,(H,28,32). The molecule has 0 atom stereocenters. The van der Waals surface area contributed by atoms with Gasteiger partial charge in [-0.15, -0.1) is 0 Å². The van der Waals surface area contributed by atoms with Gasteiger partial charge in [0.15, 0.2) is 0 Å². The number of rotatable bonds is 4. The van der Waals surface area contributed by atoms with Crippen LogP contribution in [0.25, 0.3) is 0 Å². The van der Waals surface area contributed by atoms with Crippen molar-refractivity contribution in [2.75, 3.05) is 18.0 Å². The van der Waals surface area contributed by atoms with E-state index in [1.807, 2.05) is 35.2 Å². The number of nitrogens with one attached hydrogen (secondary N) is 1. The monoisotopic (exact) mass is 436 g/mol. The highest BCUT2D eigenvalue weighted by Crippen LogP contribution is 2.26. The summed E-state index contributed by atoms with van der Waals surface area (Å²) in [5.74, 6) is -0.0597. The Bertz CT molecular complexity index is 898. The second-order valence-corrected chi connectivity index (χ2v) is 8.88. The van der Waals surface area contributed by atoms with Gasteiger partial charge in [0.25, 0.3) is 5.91 Å². The van der Waals surface area contributed by atoms with E-state index in [4.69, 9.17) is 0 Å². The summed E-state index contributed by atoms with van der Waals surface area (Å²) in [5.41, 5.74) is 3.59. The van der Waals surface area contributed by atoms with Crippen molar-refractivity contribution >= 4 is 17.5 Å². The molecule has 3 rings (SSSR count). The van der Waals surface area contributed by atoms with Crippen molar-refractivity contribution in [2.24, 2.45) is 0 Å². The molecule has 0 fully saturated rings. The van der Waals surface area contributed by atoms with Crippen molar-refractivity contribution < 1.29 is 9.59 Å². The van der Waals surface area contributed by atoms with Gasteiger partial charge in [0, 0.05) is 56.2 Å². The number of hydrogen-bond donors (Lipinski definition) is 1. The van der Waals surface area contributed by atoms with Crippen LogP contribution in [0.4, 0.5) is 5.69 Å². The van der Waals surface area contributed by atoms with Gasteiger partial charge in [-0.2, -0.15) is 0 Å². The first-order valence-corrected chi connectivity index (χ1v) is 11.8. The normalized spacial score (nSPS) is 16.1. The molecule has 2 heterocycles. The number of amides is 2. The average molecular weight is 437 g/mol. The zero-order valence-electron chi connectivity index (χ0n) is 19.6. The molecule has 2 amide bonds. The van der Waals surface area contributed by atoms with Crippen LogP contribution in [0.15, 0.2) is 42.7 Å². The quantitative estimate of drug-likeness (QED) is 0.764. The van der Waals surface area contributed by atoms with Gasteiger partial charge in [0.05, 0.1) is 0 Å². The molecule has 6 nitrogen and oxygen atoms in total. The highest BCUT2D eigenvalue weighted by Gasteiger charge is 2.21.